The second-order valence-corrected chi connectivity index (χ2v) is 5.88. The third kappa shape index (κ3) is 3.77. The Balaban J connectivity index is 2.03. The summed E-state index contributed by atoms with van der Waals surface area (Å²) >= 11 is 0. The van der Waals surface area contributed by atoms with E-state index >= 15 is 0 Å². The van der Waals surface area contributed by atoms with E-state index in [1.165, 1.54) is 5.56 Å². The Morgan fingerprint density at radius 1 is 1.32 bits per heavy atom. The molecule has 0 saturated carbocycles. The highest BCUT2D eigenvalue weighted by atomic mass is 19.1. The summed E-state index contributed by atoms with van der Waals surface area (Å²) in [6, 6.07) is 8.04. The van der Waals surface area contributed by atoms with Crippen molar-refractivity contribution < 1.29 is 4.39 Å². The fourth-order valence-electron chi connectivity index (χ4n) is 2.75. The first-order chi connectivity index (χ1) is 9.10. The molecule has 1 aliphatic heterocycles. The SMILES string of the molecule is CCC1CNC(C(C)C)CN1Cc1ccc(F)cc1. The third-order valence-electron chi connectivity index (χ3n) is 4.14. The van der Waals surface area contributed by atoms with Crippen LogP contribution in [-0.2, 0) is 6.54 Å². The zero-order valence-corrected chi connectivity index (χ0v) is 12.2. The lowest BCUT2D eigenvalue weighted by molar-refractivity contribution is 0.103. The number of nitrogens with zero attached hydrogens (tertiary/aromatic N) is 1. The fraction of sp³-hybridized carbons (Fsp3) is 0.625. The monoisotopic (exact) mass is 264 g/mol. The molecule has 3 heteroatoms. The van der Waals surface area contributed by atoms with Crippen molar-refractivity contribution >= 4 is 0 Å². The summed E-state index contributed by atoms with van der Waals surface area (Å²) in [5, 5.41) is 3.64. The number of benzene rings is 1. The zero-order valence-electron chi connectivity index (χ0n) is 12.2. The smallest absolute Gasteiger partial charge is 0.123 e. The summed E-state index contributed by atoms with van der Waals surface area (Å²) in [5.41, 5.74) is 1.20. The van der Waals surface area contributed by atoms with Crippen LogP contribution in [0.15, 0.2) is 24.3 Å². The van der Waals surface area contributed by atoms with Crippen molar-refractivity contribution in [1.29, 1.82) is 0 Å². The maximum atomic E-state index is 13.0. The molecule has 1 aromatic rings. The molecular weight excluding hydrogens is 239 g/mol. The van der Waals surface area contributed by atoms with E-state index in [1.54, 1.807) is 12.1 Å². The van der Waals surface area contributed by atoms with Crippen molar-refractivity contribution in [3.8, 4) is 0 Å². The Labute approximate surface area is 116 Å². The summed E-state index contributed by atoms with van der Waals surface area (Å²) in [7, 11) is 0. The number of rotatable bonds is 4. The van der Waals surface area contributed by atoms with Gasteiger partial charge >= 0.3 is 0 Å². The van der Waals surface area contributed by atoms with Crippen LogP contribution >= 0.6 is 0 Å². The highest BCUT2D eigenvalue weighted by Crippen LogP contribution is 2.18. The predicted molar refractivity (Wildman–Crippen MR) is 77.5 cm³/mol. The van der Waals surface area contributed by atoms with E-state index < -0.39 is 0 Å². The van der Waals surface area contributed by atoms with E-state index in [1.807, 2.05) is 12.1 Å². The zero-order chi connectivity index (χ0) is 13.8. The molecule has 2 nitrogen and oxygen atoms in total. The van der Waals surface area contributed by atoms with E-state index in [2.05, 4.69) is 31.0 Å². The van der Waals surface area contributed by atoms with Gasteiger partial charge in [-0.1, -0.05) is 32.9 Å². The van der Waals surface area contributed by atoms with Gasteiger partial charge in [-0.05, 0) is 30.0 Å². The first kappa shape index (κ1) is 14.5. The van der Waals surface area contributed by atoms with Gasteiger partial charge < -0.3 is 5.32 Å². The normalized spacial score (nSPS) is 24.9. The molecule has 1 aliphatic rings. The number of nitrogens with one attached hydrogen (secondary N) is 1. The Hall–Kier alpha value is -0.930. The van der Waals surface area contributed by atoms with Crippen molar-refractivity contribution in [2.45, 2.75) is 45.8 Å². The van der Waals surface area contributed by atoms with Gasteiger partial charge in [0, 0.05) is 31.7 Å². The van der Waals surface area contributed by atoms with E-state index in [0.29, 0.717) is 18.0 Å². The standard InChI is InChI=1S/C16H25FN2/c1-4-15-9-18-16(12(2)3)11-19(15)10-13-5-7-14(17)8-6-13/h5-8,12,15-16,18H,4,9-11H2,1-3H3. The van der Waals surface area contributed by atoms with Crippen LogP contribution in [0.25, 0.3) is 0 Å². The number of hydrogen-bond acceptors (Lipinski definition) is 2. The topological polar surface area (TPSA) is 15.3 Å². The molecule has 2 unspecified atom stereocenters. The lowest BCUT2D eigenvalue weighted by atomic mass is 9.98. The molecule has 2 rings (SSSR count). The first-order valence-electron chi connectivity index (χ1n) is 7.32. The second-order valence-electron chi connectivity index (χ2n) is 5.88. The molecule has 2 atom stereocenters. The van der Waals surface area contributed by atoms with E-state index in [0.717, 1.165) is 26.1 Å². The highest BCUT2D eigenvalue weighted by Gasteiger charge is 2.28. The fourth-order valence-corrected chi connectivity index (χ4v) is 2.75. The second kappa shape index (κ2) is 6.49. The summed E-state index contributed by atoms with van der Waals surface area (Å²) in [6.07, 6.45) is 1.15. The average molecular weight is 264 g/mol. The largest absolute Gasteiger partial charge is 0.311 e. The molecule has 1 N–H and O–H groups in total. The Morgan fingerprint density at radius 3 is 2.58 bits per heavy atom. The van der Waals surface area contributed by atoms with Crippen LogP contribution in [0.3, 0.4) is 0 Å². The van der Waals surface area contributed by atoms with Gasteiger partial charge in [0.05, 0.1) is 0 Å². The third-order valence-corrected chi connectivity index (χ3v) is 4.14. The number of halogens is 1. The average Bonchev–Trinajstić information content (AvgIpc) is 2.41. The molecule has 0 spiro atoms. The maximum Gasteiger partial charge on any atom is 0.123 e. The van der Waals surface area contributed by atoms with Crippen molar-refractivity contribution in [1.82, 2.24) is 10.2 Å². The first-order valence-corrected chi connectivity index (χ1v) is 7.32. The lowest BCUT2D eigenvalue weighted by Gasteiger charge is -2.41. The van der Waals surface area contributed by atoms with Gasteiger partial charge in [-0.3, -0.25) is 4.90 Å². The van der Waals surface area contributed by atoms with E-state index in [-0.39, 0.29) is 5.82 Å². The van der Waals surface area contributed by atoms with Gasteiger partial charge in [-0.15, -0.1) is 0 Å². The predicted octanol–water partition coefficient (Wildman–Crippen LogP) is 3.03. The highest BCUT2D eigenvalue weighted by molar-refractivity contribution is 5.16. The molecule has 1 saturated heterocycles. The van der Waals surface area contributed by atoms with E-state index in [4.69, 9.17) is 0 Å². The van der Waals surface area contributed by atoms with Gasteiger partial charge in [0.1, 0.15) is 5.82 Å². The summed E-state index contributed by atoms with van der Waals surface area (Å²) in [4.78, 5) is 2.54. The molecule has 0 aromatic heterocycles. The Bertz CT molecular complexity index is 388. The molecule has 1 heterocycles. The van der Waals surface area contributed by atoms with Crippen LogP contribution in [0.2, 0.25) is 0 Å². The molecular formula is C16H25FN2. The van der Waals surface area contributed by atoms with Crippen LogP contribution in [-0.4, -0.2) is 30.1 Å². The Morgan fingerprint density at radius 2 is 2.00 bits per heavy atom. The van der Waals surface area contributed by atoms with Crippen LogP contribution in [0.4, 0.5) is 4.39 Å². The van der Waals surface area contributed by atoms with Crippen LogP contribution in [0.1, 0.15) is 32.8 Å². The van der Waals surface area contributed by atoms with Crippen LogP contribution < -0.4 is 5.32 Å². The number of piperazine rings is 1. The molecule has 19 heavy (non-hydrogen) atoms. The molecule has 0 aliphatic carbocycles. The number of hydrogen-bond donors (Lipinski definition) is 1. The minimum atomic E-state index is -0.156. The van der Waals surface area contributed by atoms with Crippen LogP contribution in [0.5, 0.6) is 0 Å². The maximum absolute atomic E-state index is 13.0. The minimum Gasteiger partial charge on any atom is -0.311 e. The van der Waals surface area contributed by atoms with Crippen molar-refractivity contribution in [2.75, 3.05) is 13.1 Å². The van der Waals surface area contributed by atoms with Crippen molar-refractivity contribution in [3.05, 3.63) is 35.6 Å². The molecule has 1 aromatic carbocycles. The quantitative estimate of drug-likeness (QED) is 0.899. The van der Waals surface area contributed by atoms with E-state index in [9.17, 15) is 4.39 Å². The molecule has 0 bridgehead atoms. The Kier molecular flexibility index (Phi) is 4.94. The van der Waals surface area contributed by atoms with Crippen molar-refractivity contribution in [3.63, 3.8) is 0 Å². The van der Waals surface area contributed by atoms with Gasteiger partial charge in [0.15, 0.2) is 0 Å². The summed E-state index contributed by atoms with van der Waals surface area (Å²) < 4.78 is 13.0. The van der Waals surface area contributed by atoms with Gasteiger partial charge in [-0.2, -0.15) is 0 Å². The van der Waals surface area contributed by atoms with Crippen molar-refractivity contribution in [2.24, 2.45) is 5.92 Å². The summed E-state index contributed by atoms with van der Waals surface area (Å²) in [5.74, 6) is 0.490. The molecule has 0 radical (unpaired) electrons. The molecule has 1 fully saturated rings. The van der Waals surface area contributed by atoms with Gasteiger partial charge in [0.2, 0.25) is 0 Å². The minimum absolute atomic E-state index is 0.156. The lowest BCUT2D eigenvalue weighted by Crippen LogP contribution is -2.57. The molecule has 106 valence electrons. The van der Waals surface area contributed by atoms with Crippen LogP contribution in [0, 0.1) is 11.7 Å². The van der Waals surface area contributed by atoms with Gasteiger partial charge in [-0.25, -0.2) is 4.39 Å². The molecule has 0 amide bonds. The van der Waals surface area contributed by atoms with Gasteiger partial charge in [0.25, 0.3) is 0 Å². The summed E-state index contributed by atoms with van der Waals surface area (Å²) in [6.45, 7) is 9.82.